The van der Waals surface area contributed by atoms with Crippen LogP contribution in [0.1, 0.15) is 19.8 Å². The molecule has 2 unspecified atom stereocenters. The smallest absolute Gasteiger partial charge is 0.109 e. The zero-order valence-electron chi connectivity index (χ0n) is 8.67. The third-order valence-electron chi connectivity index (χ3n) is 2.39. The largest absolute Gasteiger partial charge is 0.496 e. The Balaban J connectivity index is 2.42. The predicted molar refractivity (Wildman–Crippen MR) is 52.6 cm³/mol. The molecule has 0 amide bonds. The fourth-order valence-electron chi connectivity index (χ4n) is 1.48. The van der Waals surface area contributed by atoms with Crippen molar-refractivity contribution < 1.29 is 9.47 Å². The van der Waals surface area contributed by atoms with Crippen LogP contribution in [-0.4, -0.2) is 32.9 Å². The molecule has 0 aromatic carbocycles. The molecular weight excluding hydrogens is 166 g/mol. The molecule has 1 N–H and O–H groups in total. The summed E-state index contributed by atoms with van der Waals surface area (Å²) in [6, 6.07) is 0.303. The third-order valence-corrected chi connectivity index (χ3v) is 2.39. The molecule has 13 heavy (non-hydrogen) atoms. The van der Waals surface area contributed by atoms with Crippen molar-refractivity contribution >= 4 is 0 Å². The normalized spacial score (nSPS) is 20.7. The van der Waals surface area contributed by atoms with Gasteiger partial charge in [-0.25, -0.2) is 0 Å². The highest BCUT2D eigenvalue weighted by Gasteiger charge is 2.19. The molecular formula is C10H19NO2. The van der Waals surface area contributed by atoms with Gasteiger partial charge in [-0.3, -0.25) is 0 Å². The van der Waals surface area contributed by atoms with Gasteiger partial charge in [0.25, 0.3) is 0 Å². The molecule has 76 valence electrons. The van der Waals surface area contributed by atoms with E-state index >= 15 is 0 Å². The molecule has 1 rings (SSSR count). The lowest BCUT2D eigenvalue weighted by molar-refractivity contribution is 0.0958. The second kappa shape index (κ2) is 5.25. The standard InChI is InChI=1S/C10H19NO2/c1-8(12-3)7-9(11-2)10-5-4-6-13-10/h5,8-9,11H,4,6-7H2,1-3H3. The van der Waals surface area contributed by atoms with Crippen LogP contribution in [0, 0.1) is 0 Å². The summed E-state index contributed by atoms with van der Waals surface area (Å²) in [6.07, 6.45) is 4.42. The van der Waals surface area contributed by atoms with Crippen LogP contribution >= 0.6 is 0 Å². The predicted octanol–water partition coefficient (Wildman–Crippen LogP) is 1.30. The van der Waals surface area contributed by atoms with Gasteiger partial charge in [0, 0.05) is 13.5 Å². The number of hydrogen-bond donors (Lipinski definition) is 1. The zero-order valence-corrected chi connectivity index (χ0v) is 8.67. The van der Waals surface area contributed by atoms with E-state index in [0.717, 1.165) is 25.2 Å². The number of likely N-dealkylation sites (N-methyl/N-ethyl adjacent to an activating group) is 1. The summed E-state index contributed by atoms with van der Waals surface area (Å²) in [6.45, 7) is 2.90. The minimum absolute atomic E-state index is 0.266. The molecule has 0 aromatic heterocycles. The van der Waals surface area contributed by atoms with Crippen molar-refractivity contribution in [2.45, 2.75) is 31.9 Å². The van der Waals surface area contributed by atoms with Crippen LogP contribution in [0.3, 0.4) is 0 Å². The van der Waals surface area contributed by atoms with Gasteiger partial charge in [0.2, 0.25) is 0 Å². The summed E-state index contributed by atoms with van der Waals surface area (Å²) in [5.41, 5.74) is 0. The summed E-state index contributed by atoms with van der Waals surface area (Å²) in [5, 5.41) is 3.24. The molecule has 3 heteroatoms. The van der Waals surface area contributed by atoms with Gasteiger partial charge in [0.05, 0.1) is 18.8 Å². The Morgan fingerprint density at radius 2 is 2.46 bits per heavy atom. The first-order valence-corrected chi connectivity index (χ1v) is 4.80. The van der Waals surface area contributed by atoms with Crippen molar-refractivity contribution in [3.8, 4) is 0 Å². The molecule has 1 aliphatic heterocycles. The van der Waals surface area contributed by atoms with Gasteiger partial charge in [-0.15, -0.1) is 0 Å². The number of hydrogen-bond acceptors (Lipinski definition) is 3. The van der Waals surface area contributed by atoms with E-state index in [0.29, 0.717) is 6.04 Å². The van der Waals surface area contributed by atoms with Crippen molar-refractivity contribution in [3.63, 3.8) is 0 Å². The van der Waals surface area contributed by atoms with Crippen molar-refractivity contribution in [2.75, 3.05) is 20.8 Å². The first-order valence-electron chi connectivity index (χ1n) is 4.80. The van der Waals surface area contributed by atoms with Crippen LogP contribution in [0.2, 0.25) is 0 Å². The molecule has 0 saturated carbocycles. The fraction of sp³-hybridized carbons (Fsp3) is 0.800. The maximum absolute atomic E-state index is 5.49. The first kappa shape index (κ1) is 10.5. The molecule has 0 radical (unpaired) electrons. The van der Waals surface area contributed by atoms with Crippen LogP contribution < -0.4 is 5.32 Å². The van der Waals surface area contributed by atoms with Gasteiger partial charge in [0.15, 0.2) is 0 Å². The molecule has 1 heterocycles. The van der Waals surface area contributed by atoms with E-state index < -0.39 is 0 Å². The van der Waals surface area contributed by atoms with Crippen molar-refractivity contribution in [1.29, 1.82) is 0 Å². The number of rotatable bonds is 5. The van der Waals surface area contributed by atoms with E-state index in [9.17, 15) is 0 Å². The number of nitrogens with one attached hydrogen (secondary N) is 1. The quantitative estimate of drug-likeness (QED) is 0.700. The molecule has 0 fully saturated rings. The first-order chi connectivity index (χ1) is 6.27. The lowest BCUT2D eigenvalue weighted by Crippen LogP contribution is -2.31. The lowest BCUT2D eigenvalue weighted by Gasteiger charge is -2.20. The van der Waals surface area contributed by atoms with E-state index in [4.69, 9.17) is 9.47 Å². The average Bonchev–Trinajstić information content (AvgIpc) is 2.66. The zero-order chi connectivity index (χ0) is 9.68. The van der Waals surface area contributed by atoms with Crippen LogP contribution in [0.5, 0.6) is 0 Å². The van der Waals surface area contributed by atoms with E-state index in [2.05, 4.69) is 18.3 Å². The molecule has 0 aliphatic carbocycles. The van der Waals surface area contributed by atoms with Crippen molar-refractivity contribution in [3.05, 3.63) is 11.8 Å². The van der Waals surface area contributed by atoms with Gasteiger partial charge in [0.1, 0.15) is 5.76 Å². The summed E-state index contributed by atoms with van der Waals surface area (Å²) < 4.78 is 10.7. The average molecular weight is 185 g/mol. The van der Waals surface area contributed by atoms with Crippen LogP contribution in [0.15, 0.2) is 11.8 Å². The highest BCUT2D eigenvalue weighted by atomic mass is 16.5. The second-order valence-electron chi connectivity index (χ2n) is 3.37. The van der Waals surface area contributed by atoms with Crippen LogP contribution in [0.4, 0.5) is 0 Å². The molecule has 2 atom stereocenters. The SMILES string of the molecule is CNC(CC(C)OC)C1=CCCO1. The van der Waals surface area contributed by atoms with Crippen LogP contribution in [0.25, 0.3) is 0 Å². The molecule has 0 spiro atoms. The molecule has 1 aliphatic rings. The molecule has 0 bridgehead atoms. The fourth-order valence-corrected chi connectivity index (χ4v) is 1.48. The Morgan fingerprint density at radius 1 is 1.69 bits per heavy atom. The van der Waals surface area contributed by atoms with E-state index in [1.54, 1.807) is 7.11 Å². The number of ether oxygens (including phenoxy) is 2. The summed E-state index contributed by atoms with van der Waals surface area (Å²) in [7, 11) is 3.69. The Labute approximate surface area is 80.1 Å². The highest BCUT2D eigenvalue weighted by Crippen LogP contribution is 2.17. The number of methoxy groups -OCH3 is 1. The summed E-state index contributed by atoms with van der Waals surface area (Å²) in [5.74, 6) is 1.08. The summed E-state index contributed by atoms with van der Waals surface area (Å²) in [4.78, 5) is 0. The van der Waals surface area contributed by atoms with E-state index in [-0.39, 0.29) is 6.10 Å². The monoisotopic (exact) mass is 185 g/mol. The Kier molecular flexibility index (Phi) is 4.25. The van der Waals surface area contributed by atoms with Gasteiger partial charge >= 0.3 is 0 Å². The van der Waals surface area contributed by atoms with Gasteiger partial charge in [-0.2, -0.15) is 0 Å². The maximum atomic E-state index is 5.49. The van der Waals surface area contributed by atoms with Gasteiger partial charge in [-0.05, 0) is 26.5 Å². The molecule has 0 saturated heterocycles. The molecule has 0 aromatic rings. The van der Waals surface area contributed by atoms with Crippen LogP contribution in [-0.2, 0) is 9.47 Å². The minimum atomic E-state index is 0.266. The van der Waals surface area contributed by atoms with Gasteiger partial charge in [-0.1, -0.05) is 0 Å². The molecule has 3 nitrogen and oxygen atoms in total. The van der Waals surface area contributed by atoms with E-state index in [1.165, 1.54) is 0 Å². The third kappa shape index (κ3) is 3.01. The Morgan fingerprint density at radius 3 is 2.92 bits per heavy atom. The van der Waals surface area contributed by atoms with Crippen molar-refractivity contribution in [1.82, 2.24) is 5.32 Å². The Hall–Kier alpha value is -0.540. The highest BCUT2D eigenvalue weighted by molar-refractivity contribution is 5.07. The maximum Gasteiger partial charge on any atom is 0.109 e. The minimum Gasteiger partial charge on any atom is -0.496 e. The van der Waals surface area contributed by atoms with Gasteiger partial charge < -0.3 is 14.8 Å². The second-order valence-corrected chi connectivity index (χ2v) is 3.37. The lowest BCUT2D eigenvalue weighted by atomic mass is 10.1. The van der Waals surface area contributed by atoms with Crippen molar-refractivity contribution in [2.24, 2.45) is 0 Å². The topological polar surface area (TPSA) is 30.5 Å². The van der Waals surface area contributed by atoms with E-state index in [1.807, 2.05) is 7.05 Å². The Bertz CT molecular complexity index is 180. The summed E-state index contributed by atoms with van der Waals surface area (Å²) >= 11 is 0.